The summed E-state index contributed by atoms with van der Waals surface area (Å²) in [5.74, 6) is -1.28. The van der Waals surface area contributed by atoms with Gasteiger partial charge in [-0.05, 0) is 105 Å². The summed E-state index contributed by atoms with van der Waals surface area (Å²) < 4.78 is 43.0. The second-order valence-corrected chi connectivity index (χ2v) is 14.0. The van der Waals surface area contributed by atoms with Crippen LogP contribution in [0.2, 0.25) is 0 Å². The van der Waals surface area contributed by atoms with Crippen LogP contribution in [0.5, 0.6) is 0 Å². The largest absolute Gasteiger partial charge is 0.393 e. The van der Waals surface area contributed by atoms with Crippen LogP contribution in [0.3, 0.4) is 0 Å². The van der Waals surface area contributed by atoms with Gasteiger partial charge in [-0.15, -0.1) is 0 Å². The number of nitrogens with one attached hydrogen (secondary N) is 1. The van der Waals surface area contributed by atoms with E-state index in [2.05, 4.69) is 30.7 Å². The summed E-state index contributed by atoms with van der Waals surface area (Å²) in [6, 6.07) is 0. The van der Waals surface area contributed by atoms with Crippen LogP contribution in [0.1, 0.15) is 83.5 Å². The molecule has 5 nitrogen and oxygen atoms in total. The molecule has 0 spiro atoms. The third-order valence-corrected chi connectivity index (χ3v) is 12.4. The fourth-order valence-corrected chi connectivity index (χ4v) is 10.1. The third-order valence-electron chi connectivity index (χ3n) is 12.4. The number of halogens is 3. The molecule has 11 atom stereocenters. The van der Waals surface area contributed by atoms with Gasteiger partial charge < -0.3 is 20.3 Å². The molecular weight excluding hydrogens is 505 g/mol. The Morgan fingerprint density at radius 2 is 1.72 bits per heavy atom. The lowest BCUT2D eigenvalue weighted by molar-refractivity contribution is -0.207. The average Bonchev–Trinajstić information content (AvgIpc) is 3.49. The fraction of sp³-hybridized carbons (Fsp3) is 0.774. The van der Waals surface area contributed by atoms with Crippen molar-refractivity contribution in [1.82, 2.24) is 9.97 Å². The molecule has 0 radical (unpaired) electrons. The average molecular weight is 549 g/mol. The van der Waals surface area contributed by atoms with Crippen molar-refractivity contribution in [3.05, 3.63) is 28.8 Å². The molecule has 39 heavy (non-hydrogen) atoms. The third kappa shape index (κ3) is 3.94. The number of hydrogen-bond donors (Lipinski definition) is 4. The van der Waals surface area contributed by atoms with E-state index in [1.165, 1.54) is 6.92 Å². The number of nitrogens with zero attached hydrogens (tertiary/aromatic N) is 1. The maximum absolute atomic E-state index is 14.6. The molecule has 8 heteroatoms. The molecule has 0 amide bonds. The Bertz CT molecular complexity index is 1220. The van der Waals surface area contributed by atoms with Crippen molar-refractivity contribution in [2.24, 2.45) is 46.3 Å². The molecular formula is C31H43F3N2O3. The van der Waals surface area contributed by atoms with Gasteiger partial charge in [0.15, 0.2) is 17.5 Å². The summed E-state index contributed by atoms with van der Waals surface area (Å²) in [6.45, 7) is 7.95. The SMILES string of the molecule is Cc1c(F)c(F)c2nc(CCC(C)[C@H]3CC[C@H]4[C@@H]5[C@H](O)C[C@@H]6C[C@H](O)CC[C@]6(C)[C@H]5C[C@H](O)[C@]34C)[nH]c2c1F. The molecule has 4 aliphatic rings. The first-order valence-corrected chi connectivity index (χ1v) is 14.9. The fourth-order valence-electron chi connectivity index (χ4n) is 10.1. The molecule has 4 fully saturated rings. The molecule has 4 N–H and O–H groups in total. The maximum Gasteiger partial charge on any atom is 0.187 e. The van der Waals surface area contributed by atoms with Crippen LogP contribution in [0.25, 0.3) is 11.0 Å². The van der Waals surface area contributed by atoms with Gasteiger partial charge in [0.25, 0.3) is 0 Å². The van der Waals surface area contributed by atoms with Gasteiger partial charge in [-0.3, -0.25) is 0 Å². The number of rotatable bonds is 4. The molecule has 4 aliphatic carbocycles. The Labute approximate surface area is 228 Å². The lowest BCUT2D eigenvalue weighted by Gasteiger charge is -2.63. The van der Waals surface area contributed by atoms with Crippen LogP contribution in [0.15, 0.2) is 0 Å². The van der Waals surface area contributed by atoms with E-state index < -0.39 is 29.7 Å². The zero-order chi connectivity index (χ0) is 28.0. The molecule has 6 rings (SSSR count). The number of aryl methyl sites for hydroxylation is 1. The maximum atomic E-state index is 14.6. The van der Waals surface area contributed by atoms with E-state index in [1.54, 1.807) is 0 Å². The van der Waals surface area contributed by atoms with Crippen molar-refractivity contribution in [2.75, 3.05) is 0 Å². The molecule has 2 aromatic rings. The zero-order valence-corrected chi connectivity index (χ0v) is 23.5. The van der Waals surface area contributed by atoms with E-state index in [4.69, 9.17) is 0 Å². The number of H-pyrrole nitrogens is 1. The molecule has 0 saturated heterocycles. The van der Waals surface area contributed by atoms with E-state index in [9.17, 15) is 28.5 Å². The monoisotopic (exact) mass is 548 g/mol. The number of aliphatic hydroxyl groups excluding tert-OH is 3. The highest BCUT2D eigenvalue weighted by molar-refractivity contribution is 5.77. The van der Waals surface area contributed by atoms with Crippen molar-refractivity contribution >= 4 is 11.0 Å². The van der Waals surface area contributed by atoms with Gasteiger partial charge in [-0.1, -0.05) is 20.8 Å². The Morgan fingerprint density at radius 3 is 2.46 bits per heavy atom. The quantitative estimate of drug-likeness (QED) is 0.363. The van der Waals surface area contributed by atoms with Crippen molar-refractivity contribution < 1.29 is 28.5 Å². The van der Waals surface area contributed by atoms with Crippen LogP contribution in [-0.4, -0.2) is 43.6 Å². The molecule has 1 aromatic carbocycles. The highest BCUT2D eigenvalue weighted by atomic mass is 19.2. The molecule has 216 valence electrons. The Morgan fingerprint density at radius 1 is 0.974 bits per heavy atom. The Kier molecular flexibility index (Phi) is 6.67. The highest BCUT2D eigenvalue weighted by Gasteiger charge is 2.65. The van der Waals surface area contributed by atoms with Gasteiger partial charge in [-0.25, -0.2) is 18.2 Å². The lowest BCUT2D eigenvalue weighted by atomic mass is 9.43. The predicted octanol–water partition coefficient (Wildman–Crippen LogP) is 5.82. The standard InChI is InChI=1S/C31H43F3N2O3/c1-14(5-8-23-35-28-26(33)15(2)25(32)27(34)29(28)36-23)18-6-7-19-24-20(13-22(39)31(18,19)4)30(3)10-9-17(37)11-16(30)12-21(24)38/h14,16-22,24,37-39H,5-13H2,1-4H3,(H,35,36)/t14?,16-,17+,18+,19-,20-,21+,22-,24-,30-,31+/m0/s1. The summed E-state index contributed by atoms with van der Waals surface area (Å²) in [5, 5.41) is 33.5. The van der Waals surface area contributed by atoms with E-state index in [-0.39, 0.29) is 63.1 Å². The van der Waals surface area contributed by atoms with E-state index in [0.717, 1.165) is 44.9 Å². The van der Waals surface area contributed by atoms with Gasteiger partial charge in [0.2, 0.25) is 0 Å². The summed E-state index contributed by atoms with van der Waals surface area (Å²) in [5.41, 5.74) is -1.02. The van der Waals surface area contributed by atoms with Crippen molar-refractivity contribution in [2.45, 2.75) is 104 Å². The zero-order valence-electron chi connectivity index (χ0n) is 23.5. The number of aliphatic hydroxyl groups is 3. The van der Waals surface area contributed by atoms with E-state index >= 15 is 0 Å². The van der Waals surface area contributed by atoms with Crippen LogP contribution < -0.4 is 0 Å². The topological polar surface area (TPSA) is 89.4 Å². The normalized spacial score (nSPS) is 42.7. The first kappa shape index (κ1) is 27.5. The second-order valence-electron chi connectivity index (χ2n) is 14.0. The number of fused-ring (bicyclic) bond motifs is 6. The summed E-state index contributed by atoms with van der Waals surface area (Å²) in [7, 11) is 0. The number of aromatic nitrogens is 2. The lowest BCUT2D eigenvalue weighted by Crippen LogP contribution is -2.62. The van der Waals surface area contributed by atoms with Crippen LogP contribution in [0, 0.1) is 70.7 Å². The molecule has 1 heterocycles. The van der Waals surface area contributed by atoms with Crippen LogP contribution >= 0.6 is 0 Å². The predicted molar refractivity (Wildman–Crippen MR) is 142 cm³/mol. The number of aromatic amines is 1. The van der Waals surface area contributed by atoms with Crippen molar-refractivity contribution in [3.63, 3.8) is 0 Å². The first-order valence-electron chi connectivity index (χ1n) is 14.9. The van der Waals surface area contributed by atoms with Gasteiger partial charge in [-0.2, -0.15) is 0 Å². The van der Waals surface area contributed by atoms with E-state index in [1.807, 2.05) is 0 Å². The smallest absolute Gasteiger partial charge is 0.187 e. The van der Waals surface area contributed by atoms with Gasteiger partial charge in [0.1, 0.15) is 16.9 Å². The minimum absolute atomic E-state index is 0.0405. The van der Waals surface area contributed by atoms with Crippen molar-refractivity contribution in [3.8, 4) is 0 Å². The highest BCUT2D eigenvalue weighted by Crippen LogP contribution is 2.68. The van der Waals surface area contributed by atoms with Crippen LogP contribution in [-0.2, 0) is 6.42 Å². The minimum Gasteiger partial charge on any atom is -0.393 e. The second kappa shape index (κ2) is 9.45. The van der Waals surface area contributed by atoms with Crippen molar-refractivity contribution in [1.29, 1.82) is 0 Å². The minimum atomic E-state index is -1.20. The van der Waals surface area contributed by atoms with Gasteiger partial charge in [0, 0.05) is 12.0 Å². The molecule has 0 aliphatic heterocycles. The number of imidazole rings is 1. The number of benzene rings is 1. The van der Waals surface area contributed by atoms with Gasteiger partial charge in [0.05, 0.1) is 18.3 Å². The number of hydrogen-bond acceptors (Lipinski definition) is 4. The Balaban J connectivity index is 1.21. The van der Waals surface area contributed by atoms with E-state index in [0.29, 0.717) is 24.6 Å². The van der Waals surface area contributed by atoms with Gasteiger partial charge >= 0.3 is 0 Å². The summed E-state index contributed by atoms with van der Waals surface area (Å²) in [6.07, 6.45) is 5.90. The first-order chi connectivity index (χ1) is 18.4. The van der Waals surface area contributed by atoms with Crippen LogP contribution in [0.4, 0.5) is 13.2 Å². The molecule has 0 bridgehead atoms. The molecule has 1 aromatic heterocycles. The summed E-state index contributed by atoms with van der Waals surface area (Å²) >= 11 is 0. The summed E-state index contributed by atoms with van der Waals surface area (Å²) in [4.78, 5) is 7.07. The molecule has 4 saturated carbocycles. The Hall–Kier alpha value is -1.64. The molecule has 1 unspecified atom stereocenters.